The highest BCUT2D eigenvalue weighted by Crippen LogP contribution is 2.21. The summed E-state index contributed by atoms with van der Waals surface area (Å²) >= 11 is 0. The topological polar surface area (TPSA) is 72.5 Å². The molecule has 0 unspecified atom stereocenters. The summed E-state index contributed by atoms with van der Waals surface area (Å²) in [6, 6.07) is 11.5. The lowest BCUT2D eigenvalue weighted by Crippen LogP contribution is -2.17. The fourth-order valence-electron chi connectivity index (χ4n) is 2.07. The van der Waals surface area contributed by atoms with Crippen molar-refractivity contribution in [3.05, 3.63) is 71.0 Å². The maximum absolute atomic E-state index is 12.9. The Morgan fingerprint density at radius 2 is 1.72 bits per heavy atom. The summed E-state index contributed by atoms with van der Waals surface area (Å²) in [5.41, 5.74) is 1.41. The number of ether oxygens (including phenoxy) is 1. The SMILES string of the molecule is CCc1ccc(S(=O)(=O)/C(=C/Nc2ccc(F)cc2)C(=O)OC)cc1. The standard InChI is InChI=1S/C18H18FNO4S/c1-3-13-4-10-16(11-5-13)25(22,23)17(18(21)24-2)12-20-15-8-6-14(19)7-9-15/h4-12,20H,3H2,1-2H3/b17-12+. The minimum absolute atomic E-state index is 0.0118. The minimum atomic E-state index is -4.07. The molecule has 0 aliphatic rings. The molecule has 2 rings (SSSR count). The molecule has 5 nitrogen and oxygen atoms in total. The Kier molecular flexibility index (Phi) is 5.93. The molecular formula is C18H18FNO4S. The molecule has 0 aliphatic heterocycles. The van der Waals surface area contributed by atoms with Gasteiger partial charge in [-0.05, 0) is 48.4 Å². The van der Waals surface area contributed by atoms with Crippen molar-refractivity contribution in [3.8, 4) is 0 Å². The zero-order valence-electron chi connectivity index (χ0n) is 13.8. The summed E-state index contributed by atoms with van der Waals surface area (Å²) in [6.45, 7) is 1.95. The number of hydrogen-bond acceptors (Lipinski definition) is 5. The van der Waals surface area contributed by atoms with Gasteiger partial charge in [-0.2, -0.15) is 0 Å². The lowest BCUT2D eigenvalue weighted by Gasteiger charge is -2.09. The highest BCUT2D eigenvalue weighted by Gasteiger charge is 2.28. The molecule has 0 fully saturated rings. The van der Waals surface area contributed by atoms with Crippen molar-refractivity contribution in [2.45, 2.75) is 18.2 Å². The first-order valence-corrected chi connectivity index (χ1v) is 9.01. The van der Waals surface area contributed by atoms with Gasteiger partial charge in [0.1, 0.15) is 5.82 Å². The van der Waals surface area contributed by atoms with Gasteiger partial charge in [0.15, 0.2) is 4.91 Å². The van der Waals surface area contributed by atoms with E-state index in [-0.39, 0.29) is 4.90 Å². The molecule has 0 radical (unpaired) electrons. The van der Waals surface area contributed by atoms with Gasteiger partial charge in [0.2, 0.25) is 9.84 Å². The van der Waals surface area contributed by atoms with Crippen LogP contribution in [0.2, 0.25) is 0 Å². The third-order valence-corrected chi connectivity index (χ3v) is 5.29. The number of anilines is 1. The average molecular weight is 363 g/mol. The fourth-order valence-corrected chi connectivity index (χ4v) is 3.34. The average Bonchev–Trinajstić information content (AvgIpc) is 2.63. The predicted octanol–water partition coefficient (Wildman–Crippen LogP) is 3.29. The lowest BCUT2D eigenvalue weighted by atomic mass is 10.2. The van der Waals surface area contributed by atoms with E-state index >= 15 is 0 Å². The molecule has 1 N–H and O–H groups in total. The maximum Gasteiger partial charge on any atom is 0.351 e. The Balaban J connectivity index is 2.39. The summed E-state index contributed by atoms with van der Waals surface area (Å²) < 4.78 is 43.0. The number of carbonyl (C=O) groups excluding carboxylic acids is 1. The molecule has 0 saturated heterocycles. The van der Waals surface area contributed by atoms with Gasteiger partial charge in [-0.1, -0.05) is 19.1 Å². The molecule has 0 aromatic heterocycles. The van der Waals surface area contributed by atoms with E-state index < -0.39 is 26.5 Å². The monoisotopic (exact) mass is 363 g/mol. The van der Waals surface area contributed by atoms with E-state index in [4.69, 9.17) is 0 Å². The van der Waals surface area contributed by atoms with E-state index in [2.05, 4.69) is 10.1 Å². The van der Waals surface area contributed by atoms with Gasteiger partial charge >= 0.3 is 5.97 Å². The van der Waals surface area contributed by atoms with Crippen molar-refractivity contribution in [1.29, 1.82) is 0 Å². The number of hydrogen-bond donors (Lipinski definition) is 1. The molecule has 0 atom stereocenters. The van der Waals surface area contributed by atoms with E-state index in [1.165, 1.54) is 36.4 Å². The highest BCUT2D eigenvalue weighted by atomic mass is 32.2. The van der Waals surface area contributed by atoms with E-state index in [0.29, 0.717) is 5.69 Å². The number of sulfone groups is 1. The van der Waals surface area contributed by atoms with Crippen molar-refractivity contribution in [2.24, 2.45) is 0 Å². The second-order valence-corrected chi connectivity index (χ2v) is 7.07. The normalized spacial score (nSPS) is 11.9. The predicted molar refractivity (Wildman–Crippen MR) is 93.1 cm³/mol. The van der Waals surface area contributed by atoms with Crippen LogP contribution in [0.1, 0.15) is 12.5 Å². The van der Waals surface area contributed by atoms with E-state index in [1.807, 2.05) is 6.92 Å². The third-order valence-electron chi connectivity index (χ3n) is 3.53. The number of methoxy groups -OCH3 is 1. The minimum Gasteiger partial charge on any atom is -0.465 e. The first-order valence-electron chi connectivity index (χ1n) is 7.53. The van der Waals surface area contributed by atoms with Crippen LogP contribution in [0.3, 0.4) is 0 Å². The van der Waals surface area contributed by atoms with Crippen molar-refractivity contribution < 1.29 is 22.3 Å². The number of halogens is 1. The quantitative estimate of drug-likeness (QED) is 0.630. The summed E-state index contributed by atoms with van der Waals surface area (Å²) in [6.07, 6.45) is 1.81. The van der Waals surface area contributed by atoms with Crippen molar-refractivity contribution in [3.63, 3.8) is 0 Å². The Bertz CT molecular complexity index is 872. The number of carbonyl (C=O) groups is 1. The highest BCUT2D eigenvalue weighted by molar-refractivity contribution is 7.96. The van der Waals surface area contributed by atoms with E-state index in [9.17, 15) is 17.6 Å². The number of nitrogens with one attached hydrogen (secondary N) is 1. The van der Waals surface area contributed by atoms with Gasteiger partial charge < -0.3 is 10.1 Å². The molecule has 25 heavy (non-hydrogen) atoms. The van der Waals surface area contributed by atoms with Gasteiger partial charge in [-0.25, -0.2) is 17.6 Å². The molecule has 0 spiro atoms. The van der Waals surface area contributed by atoms with Crippen molar-refractivity contribution >= 4 is 21.5 Å². The number of benzene rings is 2. The lowest BCUT2D eigenvalue weighted by molar-refractivity contribution is -0.135. The largest absolute Gasteiger partial charge is 0.465 e. The Labute approximate surface area is 146 Å². The van der Waals surface area contributed by atoms with Crippen LogP contribution in [0, 0.1) is 5.82 Å². The van der Waals surface area contributed by atoms with Crippen LogP contribution < -0.4 is 5.32 Å². The van der Waals surface area contributed by atoms with Gasteiger partial charge in [0, 0.05) is 11.9 Å². The van der Waals surface area contributed by atoms with Crippen LogP contribution in [0.15, 0.2) is 64.5 Å². The van der Waals surface area contributed by atoms with Gasteiger partial charge in [-0.15, -0.1) is 0 Å². The van der Waals surface area contributed by atoms with Crippen LogP contribution in [-0.4, -0.2) is 21.5 Å². The number of aryl methyl sites for hydroxylation is 1. The summed E-state index contributed by atoms with van der Waals surface area (Å²) in [5.74, 6) is -1.42. The second-order valence-electron chi connectivity index (χ2n) is 5.15. The van der Waals surface area contributed by atoms with Crippen molar-refractivity contribution in [1.82, 2.24) is 0 Å². The molecule has 7 heteroatoms. The Morgan fingerprint density at radius 3 is 2.24 bits per heavy atom. The second kappa shape index (κ2) is 7.94. The van der Waals surface area contributed by atoms with Gasteiger partial charge in [-0.3, -0.25) is 0 Å². The first-order chi connectivity index (χ1) is 11.9. The third kappa shape index (κ3) is 4.45. The number of rotatable bonds is 6. The molecule has 2 aromatic carbocycles. The van der Waals surface area contributed by atoms with Crippen molar-refractivity contribution in [2.75, 3.05) is 12.4 Å². The molecule has 132 valence electrons. The van der Waals surface area contributed by atoms with Crippen LogP contribution in [0.5, 0.6) is 0 Å². The molecule has 0 aliphatic carbocycles. The summed E-state index contributed by atoms with van der Waals surface area (Å²) in [7, 11) is -2.96. The van der Waals surface area contributed by atoms with Gasteiger partial charge in [0.25, 0.3) is 0 Å². The van der Waals surface area contributed by atoms with E-state index in [0.717, 1.165) is 25.3 Å². The maximum atomic E-state index is 12.9. The molecule has 2 aromatic rings. The molecule has 0 saturated carbocycles. The zero-order chi connectivity index (χ0) is 18.4. The number of esters is 1. The van der Waals surface area contributed by atoms with Gasteiger partial charge in [0.05, 0.1) is 12.0 Å². The summed E-state index contributed by atoms with van der Waals surface area (Å²) in [5, 5.41) is 2.68. The Hall–Kier alpha value is -2.67. The molecule has 0 heterocycles. The first kappa shape index (κ1) is 18.7. The van der Waals surface area contributed by atoms with Crippen LogP contribution in [0.25, 0.3) is 0 Å². The zero-order valence-corrected chi connectivity index (χ0v) is 14.6. The Morgan fingerprint density at radius 1 is 1.12 bits per heavy atom. The summed E-state index contributed by atoms with van der Waals surface area (Å²) in [4.78, 5) is 11.4. The molecular weight excluding hydrogens is 345 g/mol. The smallest absolute Gasteiger partial charge is 0.351 e. The fraction of sp³-hybridized carbons (Fsp3) is 0.167. The van der Waals surface area contributed by atoms with Crippen LogP contribution in [-0.2, 0) is 25.8 Å². The molecule has 0 bridgehead atoms. The van der Waals surface area contributed by atoms with E-state index in [1.54, 1.807) is 12.1 Å². The van der Waals surface area contributed by atoms with Crippen LogP contribution >= 0.6 is 0 Å². The van der Waals surface area contributed by atoms with Crippen LogP contribution in [0.4, 0.5) is 10.1 Å². The molecule has 0 amide bonds.